The summed E-state index contributed by atoms with van der Waals surface area (Å²) >= 11 is 1.14. The van der Waals surface area contributed by atoms with Gasteiger partial charge in [0.1, 0.15) is 10.2 Å². The maximum Gasteiger partial charge on any atom is 0.216 e. The predicted molar refractivity (Wildman–Crippen MR) is 75.1 cm³/mol. The van der Waals surface area contributed by atoms with E-state index in [0.29, 0.717) is 15.8 Å². The van der Waals surface area contributed by atoms with E-state index in [1.54, 1.807) is 38.1 Å². The number of hydrogen-bond acceptors (Lipinski definition) is 4. The average Bonchev–Trinajstić information content (AvgIpc) is 2.53. The fourth-order valence-electron chi connectivity index (χ4n) is 1.79. The zero-order chi connectivity index (χ0) is 14.2. The van der Waals surface area contributed by atoms with Gasteiger partial charge in [0.25, 0.3) is 0 Å². The van der Waals surface area contributed by atoms with Crippen molar-refractivity contribution in [3.63, 3.8) is 0 Å². The van der Waals surface area contributed by atoms with E-state index in [1.165, 1.54) is 0 Å². The molecular formula is C13H12BrO4S-. The van der Waals surface area contributed by atoms with Crippen LogP contribution in [0.15, 0.2) is 28.7 Å². The van der Waals surface area contributed by atoms with E-state index in [4.69, 9.17) is 4.74 Å². The summed E-state index contributed by atoms with van der Waals surface area (Å²) in [5.74, 6) is 0.364. The Morgan fingerprint density at radius 1 is 1.32 bits per heavy atom. The van der Waals surface area contributed by atoms with Crippen LogP contribution in [0.1, 0.15) is 25.0 Å². The number of benzene rings is 1. The van der Waals surface area contributed by atoms with Crippen molar-refractivity contribution in [2.45, 2.75) is 25.2 Å². The minimum Gasteiger partial charge on any atom is -0.772 e. The smallest absolute Gasteiger partial charge is 0.216 e. The molecular weight excluding hydrogens is 332 g/mol. The lowest BCUT2D eigenvalue weighted by Gasteiger charge is -2.17. The molecule has 1 unspecified atom stereocenters. The molecule has 0 spiro atoms. The van der Waals surface area contributed by atoms with E-state index in [1.807, 2.05) is 0 Å². The van der Waals surface area contributed by atoms with Crippen molar-refractivity contribution in [3.05, 3.63) is 39.9 Å². The Labute approximate surface area is 122 Å². The summed E-state index contributed by atoms with van der Waals surface area (Å²) in [7, 11) is 0. The normalized spacial score (nSPS) is 19.5. The van der Waals surface area contributed by atoms with Crippen LogP contribution in [0, 0.1) is 0 Å². The molecule has 0 amide bonds. The Kier molecular flexibility index (Phi) is 3.94. The monoisotopic (exact) mass is 343 g/mol. The molecule has 1 aromatic carbocycles. The van der Waals surface area contributed by atoms with Crippen LogP contribution in [0.2, 0.25) is 0 Å². The summed E-state index contributed by atoms with van der Waals surface area (Å²) in [6.45, 7) is 3.41. The Morgan fingerprint density at radius 2 is 1.89 bits per heavy atom. The first-order valence-electron chi connectivity index (χ1n) is 5.60. The second-order valence-electron chi connectivity index (χ2n) is 4.73. The van der Waals surface area contributed by atoms with Crippen LogP contribution in [-0.2, 0) is 26.4 Å². The van der Waals surface area contributed by atoms with Gasteiger partial charge < -0.3 is 9.29 Å². The van der Waals surface area contributed by atoms with Crippen molar-refractivity contribution < 1.29 is 18.3 Å². The molecule has 102 valence electrons. The number of Topliss-reactive ketones (excluding diaryl/α,β-unsaturated/α-hetero) is 1. The van der Waals surface area contributed by atoms with Gasteiger partial charge in [-0.25, -0.2) is 0 Å². The lowest BCUT2D eigenvalue weighted by molar-refractivity contribution is -0.125. The fraction of sp³-hybridized carbons (Fsp3) is 0.308. The highest BCUT2D eigenvalue weighted by molar-refractivity contribution is 9.12. The molecule has 1 aliphatic heterocycles. The number of halogens is 1. The van der Waals surface area contributed by atoms with Crippen molar-refractivity contribution in [1.82, 2.24) is 0 Å². The minimum absolute atomic E-state index is 0.0220. The molecule has 0 fully saturated rings. The quantitative estimate of drug-likeness (QED) is 0.791. The maximum absolute atomic E-state index is 11.9. The van der Waals surface area contributed by atoms with Gasteiger partial charge in [-0.2, -0.15) is 0 Å². The van der Waals surface area contributed by atoms with Gasteiger partial charge in [0.05, 0.1) is 0 Å². The fourth-order valence-corrected chi connectivity index (χ4v) is 3.04. The molecule has 4 nitrogen and oxygen atoms in total. The molecule has 19 heavy (non-hydrogen) atoms. The molecule has 6 heteroatoms. The summed E-state index contributed by atoms with van der Waals surface area (Å²) in [5.41, 5.74) is 0.562. The van der Waals surface area contributed by atoms with Crippen LogP contribution in [0.5, 0.6) is 0 Å². The maximum atomic E-state index is 11.9. The summed E-state index contributed by atoms with van der Waals surface area (Å²) in [4.78, 5) is 11.9. The number of carbonyl (C=O) groups excluding carboxylic acids is 1. The highest BCUT2D eigenvalue weighted by Gasteiger charge is 2.41. The van der Waals surface area contributed by atoms with Crippen molar-refractivity contribution in [1.29, 1.82) is 0 Å². The molecule has 0 saturated heterocycles. The van der Waals surface area contributed by atoms with Gasteiger partial charge in [-0.3, -0.25) is 9.00 Å². The largest absolute Gasteiger partial charge is 0.772 e. The van der Waals surface area contributed by atoms with E-state index in [0.717, 1.165) is 5.56 Å². The number of hydrogen-bond donors (Lipinski definition) is 0. The lowest BCUT2D eigenvalue weighted by Crippen LogP contribution is -2.28. The highest BCUT2D eigenvalue weighted by atomic mass is 79.9. The van der Waals surface area contributed by atoms with Gasteiger partial charge in [-0.15, -0.1) is 0 Å². The molecule has 1 aromatic rings. The van der Waals surface area contributed by atoms with Crippen LogP contribution in [0.4, 0.5) is 0 Å². The average molecular weight is 344 g/mol. The third-order valence-electron chi connectivity index (χ3n) is 2.80. The molecule has 1 aliphatic rings. The summed E-state index contributed by atoms with van der Waals surface area (Å²) in [5, 5.41) is 0. The lowest BCUT2D eigenvalue weighted by atomic mass is 10.1. The molecule has 2 rings (SSSR count). The van der Waals surface area contributed by atoms with Crippen LogP contribution in [-0.4, -0.2) is 20.1 Å². The van der Waals surface area contributed by atoms with Gasteiger partial charge >= 0.3 is 0 Å². The molecule has 0 aromatic heterocycles. The predicted octanol–water partition coefficient (Wildman–Crippen LogP) is 2.51. The first kappa shape index (κ1) is 14.4. The number of ether oxygens (including phenoxy) is 1. The third-order valence-corrected chi connectivity index (χ3v) is 4.09. The van der Waals surface area contributed by atoms with Crippen LogP contribution in [0.25, 0.3) is 5.76 Å². The molecule has 0 saturated carbocycles. The van der Waals surface area contributed by atoms with Crippen LogP contribution >= 0.6 is 15.9 Å². The van der Waals surface area contributed by atoms with Crippen molar-refractivity contribution in [2.75, 3.05) is 0 Å². The highest BCUT2D eigenvalue weighted by Crippen LogP contribution is 2.38. The molecule has 0 N–H and O–H groups in total. The third kappa shape index (κ3) is 2.96. The van der Waals surface area contributed by atoms with E-state index in [9.17, 15) is 13.6 Å². The van der Waals surface area contributed by atoms with Crippen LogP contribution < -0.4 is 0 Å². The van der Waals surface area contributed by atoms with Crippen LogP contribution in [0.3, 0.4) is 0 Å². The number of ketones is 1. The van der Waals surface area contributed by atoms with Gasteiger partial charge in [-0.1, -0.05) is 35.3 Å². The van der Waals surface area contributed by atoms with Gasteiger partial charge in [0, 0.05) is 11.3 Å². The summed E-state index contributed by atoms with van der Waals surface area (Å²) < 4.78 is 27.3. The Bertz CT molecular complexity index is 575. The van der Waals surface area contributed by atoms with E-state index in [2.05, 4.69) is 15.9 Å². The molecule has 0 radical (unpaired) electrons. The Balaban J connectivity index is 2.29. The van der Waals surface area contributed by atoms with E-state index in [-0.39, 0.29) is 11.5 Å². The van der Waals surface area contributed by atoms with Crippen molar-refractivity contribution >= 4 is 38.6 Å². The van der Waals surface area contributed by atoms with E-state index >= 15 is 0 Å². The van der Waals surface area contributed by atoms with Crippen molar-refractivity contribution in [3.8, 4) is 0 Å². The number of rotatable bonds is 3. The summed E-state index contributed by atoms with van der Waals surface area (Å²) in [6, 6.07) is 6.90. The second-order valence-corrected chi connectivity index (χ2v) is 6.42. The first-order chi connectivity index (χ1) is 8.81. The first-order valence-corrected chi connectivity index (χ1v) is 7.64. The zero-order valence-corrected chi connectivity index (χ0v) is 12.8. The van der Waals surface area contributed by atoms with Gasteiger partial charge in [-0.05, 0) is 35.3 Å². The molecule has 1 heterocycles. The standard InChI is InChI=1S/C13H13BrO4S/c1-13(2)12(15)10(14)11(18-13)9-5-3-8(4-6-9)7-19(16)17/h3-6H,7H2,1-2H3,(H,16,17)/p-1. The van der Waals surface area contributed by atoms with Crippen molar-refractivity contribution in [2.24, 2.45) is 0 Å². The Morgan fingerprint density at radius 3 is 2.32 bits per heavy atom. The zero-order valence-electron chi connectivity index (χ0n) is 10.4. The number of carbonyl (C=O) groups is 1. The van der Waals surface area contributed by atoms with Gasteiger partial charge in [0.2, 0.25) is 5.78 Å². The Hall–Kier alpha value is -0.980. The topological polar surface area (TPSA) is 66.4 Å². The summed E-state index contributed by atoms with van der Waals surface area (Å²) in [6.07, 6.45) is 0. The SMILES string of the molecule is CC1(C)OC(c2ccc(CS(=O)[O-])cc2)=C(Br)C1=O. The minimum atomic E-state index is -2.11. The second kappa shape index (κ2) is 5.19. The van der Waals surface area contributed by atoms with E-state index < -0.39 is 16.7 Å². The molecule has 0 aliphatic carbocycles. The molecule has 0 bridgehead atoms. The molecule has 1 atom stereocenters. The van der Waals surface area contributed by atoms with Gasteiger partial charge in [0.15, 0.2) is 5.60 Å².